The number of nitrogens with zero attached hydrogens (tertiary/aromatic N) is 2. The van der Waals surface area contributed by atoms with Crippen LogP contribution in [0.5, 0.6) is 0 Å². The second-order valence-corrected chi connectivity index (χ2v) is 2.56. The molecule has 11 heavy (non-hydrogen) atoms. The Kier molecular flexibility index (Phi) is 1.35. The molecule has 1 aromatic rings. The van der Waals surface area contributed by atoms with Gasteiger partial charge in [-0.05, 0) is 24.5 Å². The molecule has 2 rings (SSSR count). The van der Waals surface area contributed by atoms with Crippen molar-refractivity contribution in [2.24, 2.45) is 5.16 Å². The van der Waals surface area contributed by atoms with Crippen molar-refractivity contribution < 1.29 is 5.21 Å². The summed E-state index contributed by atoms with van der Waals surface area (Å²) in [6, 6.07) is 3.92. The number of aromatic nitrogens is 1. The Morgan fingerprint density at radius 3 is 3.18 bits per heavy atom. The first-order valence-electron chi connectivity index (χ1n) is 3.57. The van der Waals surface area contributed by atoms with E-state index in [9.17, 15) is 0 Å². The van der Waals surface area contributed by atoms with Gasteiger partial charge in [-0.2, -0.15) is 0 Å². The van der Waals surface area contributed by atoms with Crippen LogP contribution >= 0.6 is 0 Å². The Morgan fingerprint density at radius 1 is 1.45 bits per heavy atom. The molecule has 0 radical (unpaired) electrons. The van der Waals surface area contributed by atoms with Crippen molar-refractivity contribution >= 4 is 5.71 Å². The van der Waals surface area contributed by atoms with E-state index in [1.807, 2.05) is 12.1 Å². The van der Waals surface area contributed by atoms with E-state index < -0.39 is 0 Å². The molecule has 0 atom stereocenters. The molecule has 1 N–H and O–H groups in total. The van der Waals surface area contributed by atoms with Gasteiger partial charge in [-0.25, -0.2) is 0 Å². The van der Waals surface area contributed by atoms with Crippen LogP contribution in [0.25, 0.3) is 0 Å². The number of pyridine rings is 1. The predicted octanol–water partition coefficient (Wildman–Crippen LogP) is 1.21. The molecule has 1 aromatic heterocycles. The standard InChI is InChI=1S/C8H8N2O/c11-10-7-4-3-6-2-1-5-9-8(6)7/h1-2,5,11H,3-4H2/b10-7-. The SMILES string of the molecule is O/N=C1/CCc2cccnc21. The molecule has 0 fully saturated rings. The number of oxime groups is 1. The zero-order valence-electron chi connectivity index (χ0n) is 5.99. The van der Waals surface area contributed by atoms with Crippen LogP contribution < -0.4 is 0 Å². The minimum atomic E-state index is 0.709. The molecule has 1 heterocycles. The van der Waals surface area contributed by atoms with E-state index in [0.29, 0.717) is 5.71 Å². The predicted molar refractivity (Wildman–Crippen MR) is 40.9 cm³/mol. The highest BCUT2D eigenvalue weighted by molar-refractivity contribution is 6.02. The molecule has 3 heteroatoms. The minimum Gasteiger partial charge on any atom is -0.411 e. The molecule has 0 aromatic carbocycles. The maximum absolute atomic E-state index is 8.56. The summed E-state index contributed by atoms with van der Waals surface area (Å²) in [6.45, 7) is 0. The van der Waals surface area contributed by atoms with Gasteiger partial charge in [0, 0.05) is 6.20 Å². The molecule has 0 saturated carbocycles. The summed E-state index contributed by atoms with van der Waals surface area (Å²) >= 11 is 0. The highest BCUT2D eigenvalue weighted by Gasteiger charge is 2.18. The largest absolute Gasteiger partial charge is 0.411 e. The maximum atomic E-state index is 8.56. The maximum Gasteiger partial charge on any atom is 0.106 e. The van der Waals surface area contributed by atoms with E-state index in [2.05, 4.69) is 10.1 Å². The van der Waals surface area contributed by atoms with Crippen LogP contribution in [0, 0.1) is 0 Å². The van der Waals surface area contributed by atoms with Gasteiger partial charge < -0.3 is 5.21 Å². The van der Waals surface area contributed by atoms with Crippen LogP contribution in [0.3, 0.4) is 0 Å². The second-order valence-electron chi connectivity index (χ2n) is 2.56. The van der Waals surface area contributed by atoms with Crippen molar-refractivity contribution in [2.45, 2.75) is 12.8 Å². The smallest absolute Gasteiger partial charge is 0.106 e. The highest BCUT2D eigenvalue weighted by atomic mass is 16.4. The first-order chi connectivity index (χ1) is 5.42. The number of aryl methyl sites for hydroxylation is 1. The lowest BCUT2D eigenvalue weighted by Gasteiger charge is -1.93. The highest BCUT2D eigenvalue weighted by Crippen LogP contribution is 2.19. The number of hydrogen-bond donors (Lipinski definition) is 1. The molecule has 0 aliphatic heterocycles. The van der Waals surface area contributed by atoms with Crippen LogP contribution in [0.15, 0.2) is 23.5 Å². The summed E-state index contributed by atoms with van der Waals surface area (Å²) in [6.07, 6.45) is 3.47. The lowest BCUT2D eigenvalue weighted by molar-refractivity contribution is 0.318. The summed E-state index contributed by atoms with van der Waals surface area (Å²) in [5, 5.41) is 11.7. The molecule has 3 nitrogen and oxygen atoms in total. The quantitative estimate of drug-likeness (QED) is 0.444. The van der Waals surface area contributed by atoms with E-state index in [1.54, 1.807) is 6.20 Å². The van der Waals surface area contributed by atoms with E-state index in [4.69, 9.17) is 5.21 Å². The van der Waals surface area contributed by atoms with Crippen molar-refractivity contribution in [2.75, 3.05) is 0 Å². The fourth-order valence-electron chi connectivity index (χ4n) is 1.37. The normalized spacial score (nSPS) is 18.7. The molecular formula is C8H8N2O. The van der Waals surface area contributed by atoms with Gasteiger partial charge in [0.1, 0.15) is 5.71 Å². The molecule has 0 bridgehead atoms. The Morgan fingerprint density at radius 2 is 2.36 bits per heavy atom. The zero-order chi connectivity index (χ0) is 7.68. The summed E-state index contributed by atoms with van der Waals surface area (Å²) < 4.78 is 0. The van der Waals surface area contributed by atoms with Gasteiger partial charge in [-0.15, -0.1) is 0 Å². The topological polar surface area (TPSA) is 45.5 Å². The van der Waals surface area contributed by atoms with Gasteiger partial charge in [0.25, 0.3) is 0 Å². The Labute approximate surface area is 64.4 Å². The van der Waals surface area contributed by atoms with Crippen LogP contribution in [-0.4, -0.2) is 15.9 Å². The summed E-state index contributed by atoms with van der Waals surface area (Å²) in [5.74, 6) is 0. The van der Waals surface area contributed by atoms with Gasteiger partial charge in [0.15, 0.2) is 0 Å². The van der Waals surface area contributed by atoms with Crippen molar-refractivity contribution in [1.29, 1.82) is 0 Å². The van der Waals surface area contributed by atoms with Crippen LogP contribution in [-0.2, 0) is 6.42 Å². The fourth-order valence-corrected chi connectivity index (χ4v) is 1.37. The molecule has 0 saturated heterocycles. The molecule has 1 aliphatic rings. The molecule has 0 amide bonds. The number of fused-ring (bicyclic) bond motifs is 1. The molecular weight excluding hydrogens is 140 g/mol. The van der Waals surface area contributed by atoms with Gasteiger partial charge in [0.05, 0.1) is 5.69 Å². The van der Waals surface area contributed by atoms with Gasteiger partial charge in [0.2, 0.25) is 0 Å². The van der Waals surface area contributed by atoms with Crippen molar-refractivity contribution in [1.82, 2.24) is 4.98 Å². The molecule has 56 valence electrons. The van der Waals surface area contributed by atoms with Crippen LogP contribution in [0.2, 0.25) is 0 Å². The third-order valence-corrected chi connectivity index (χ3v) is 1.92. The average molecular weight is 148 g/mol. The Hall–Kier alpha value is -1.38. The molecule has 1 aliphatic carbocycles. The lowest BCUT2D eigenvalue weighted by atomic mass is 10.2. The Bertz CT molecular complexity index is 307. The third kappa shape index (κ3) is 0.888. The monoisotopic (exact) mass is 148 g/mol. The van der Waals surface area contributed by atoms with E-state index in [0.717, 1.165) is 18.5 Å². The second kappa shape index (κ2) is 2.34. The average Bonchev–Trinajstić information content (AvgIpc) is 2.47. The third-order valence-electron chi connectivity index (χ3n) is 1.92. The van der Waals surface area contributed by atoms with Gasteiger partial charge in [-0.3, -0.25) is 4.98 Å². The van der Waals surface area contributed by atoms with Crippen LogP contribution in [0.4, 0.5) is 0 Å². The minimum absolute atomic E-state index is 0.709. The first kappa shape index (κ1) is 6.34. The summed E-state index contributed by atoms with van der Waals surface area (Å²) in [7, 11) is 0. The van der Waals surface area contributed by atoms with Gasteiger partial charge >= 0.3 is 0 Å². The first-order valence-corrected chi connectivity index (χ1v) is 3.57. The fraction of sp³-hybridized carbons (Fsp3) is 0.250. The van der Waals surface area contributed by atoms with E-state index >= 15 is 0 Å². The lowest BCUT2D eigenvalue weighted by Crippen LogP contribution is -1.96. The zero-order valence-corrected chi connectivity index (χ0v) is 5.99. The Balaban J connectivity index is 2.55. The van der Waals surface area contributed by atoms with Gasteiger partial charge in [-0.1, -0.05) is 11.2 Å². The number of rotatable bonds is 0. The van der Waals surface area contributed by atoms with Crippen molar-refractivity contribution in [3.8, 4) is 0 Å². The van der Waals surface area contributed by atoms with Crippen molar-refractivity contribution in [3.63, 3.8) is 0 Å². The summed E-state index contributed by atoms with van der Waals surface area (Å²) in [5.41, 5.74) is 2.75. The van der Waals surface area contributed by atoms with E-state index in [1.165, 1.54) is 5.56 Å². The molecule has 0 unspecified atom stereocenters. The summed E-state index contributed by atoms with van der Waals surface area (Å²) in [4.78, 5) is 4.12. The van der Waals surface area contributed by atoms with E-state index in [-0.39, 0.29) is 0 Å². The molecule has 0 spiro atoms. The number of hydrogen-bond acceptors (Lipinski definition) is 3. The van der Waals surface area contributed by atoms with Crippen molar-refractivity contribution in [3.05, 3.63) is 29.6 Å². The van der Waals surface area contributed by atoms with Crippen LogP contribution in [0.1, 0.15) is 17.7 Å².